The highest BCUT2D eigenvalue weighted by molar-refractivity contribution is 5.58. The van der Waals surface area contributed by atoms with Gasteiger partial charge in [-0.05, 0) is 25.1 Å². The molecule has 0 aliphatic heterocycles. The van der Waals surface area contributed by atoms with E-state index in [1.807, 2.05) is 12.1 Å². The molecule has 0 amide bonds. The average molecular weight is 189 g/mol. The lowest BCUT2D eigenvalue weighted by atomic mass is 10.2. The lowest BCUT2D eigenvalue weighted by Gasteiger charge is -2.08. The van der Waals surface area contributed by atoms with E-state index in [2.05, 4.69) is 5.32 Å². The number of halogens is 1. The van der Waals surface area contributed by atoms with Crippen molar-refractivity contribution >= 4 is 5.69 Å². The number of nitrogens with one attached hydrogen (secondary N) is 1. The Bertz CT molecular complexity index is 414. The molecule has 0 saturated heterocycles. The summed E-state index contributed by atoms with van der Waals surface area (Å²) >= 11 is 0. The number of hydrogen-bond acceptors (Lipinski definition) is 3. The molecule has 0 heterocycles. The number of hydrogen-bond donors (Lipinski definition) is 1. The van der Waals surface area contributed by atoms with E-state index >= 15 is 0 Å². The van der Waals surface area contributed by atoms with Gasteiger partial charge < -0.3 is 5.32 Å². The monoisotopic (exact) mass is 189 g/mol. The number of nitrogens with zero attached hydrogens (tertiary/aromatic N) is 2. The summed E-state index contributed by atoms with van der Waals surface area (Å²) in [7, 11) is 0. The Balaban J connectivity index is 2.99. The smallest absolute Gasteiger partial charge is 0.124 e. The molecule has 0 fully saturated rings. The second kappa shape index (κ2) is 4.25. The molecule has 1 rings (SSSR count). The van der Waals surface area contributed by atoms with Crippen molar-refractivity contribution in [2.24, 2.45) is 0 Å². The Morgan fingerprint density at radius 3 is 2.71 bits per heavy atom. The van der Waals surface area contributed by atoms with Gasteiger partial charge in [0.15, 0.2) is 0 Å². The fraction of sp³-hybridized carbons (Fsp3) is 0.200. The van der Waals surface area contributed by atoms with Gasteiger partial charge in [-0.3, -0.25) is 0 Å². The standard InChI is InChI=1S/C10H8FN3/c1-7(5-12)14-10-3-2-9(11)4-8(10)6-13/h2-4,7,14H,1H3. The number of anilines is 1. The zero-order valence-electron chi connectivity index (χ0n) is 7.58. The van der Waals surface area contributed by atoms with Crippen molar-refractivity contribution in [2.75, 3.05) is 5.32 Å². The van der Waals surface area contributed by atoms with Crippen molar-refractivity contribution in [2.45, 2.75) is 13.0 Å². The Labute approximate surface area is 81.4 Å². The van der Waals surface area contributed by atoms with Crippen LogP contribution in [0.4, 0.5) is 10.1 Å². The SMILES string of the molecule is CC(C#N)Nc1ccc(F)cc1C#N. The van der Waals surface area contributed by atoms with Crippen LogP contribution < -0.4 is 5.32 Å². The first-order chi connectivity index (χ1) is 6.67. The second-order valence-corrected chi connectivity index (χ2v) is 2.80. The summed E-state index contributed by atoms with van der Waals surface area (Å²) in [6.07, 6.45) is 0. The molecule has 1 unspecified atom stereocenters. The lowest BCUT2D eigenvalue weighted by molar-refractivity contribution is 0.627. The zero-order valence-corrected chi connectivity index (χ0v) is 7.58. The summed E-state index contributed by atoms with van der Waals surface area (Å²) in [4.78, 5) is 0. The van der Waals surface area contributed by atoms with Crippen molar-refractivity contribution in [3.8, 4) is 12.1 Å². The van der Waals surface area contributed by atoms with E-state index < -0.39 is 11.9 Å². The first-order valence-electron chi connectivity index (χ1n) is 4.03. The third-order valence-electron chi connectivity index (χ3n) is 1.67. The molecule has 1 aromatic carbocycles. The Kier molecular flexibility index (Phi) is 3.04. The molecule has 0 radical (unpaired) electrons. The van der Waals surface area contributed by atoms with Crippen molar-refractivity contribution in [3.63, 3.8) is 0 Å². The van der Waals surface area contributed by atoms with Gasteiger partial charge in [-0.2, -0.15) is 10.5 Å². The highest BCUT2D eigenvalue weighted by Crippen LogP contribution is 2.16. The number of nitriles is 2. The normalized spacial score (nSPS) is 11.1. The molecule has 0 bridgehead atoms. The first kappa shape index (κ1) is 10.0. The van der Waals surface area contributed by atoms with E-state index in [-0.39, 0.29) is 5.56 Å². The molecule has 1 aromatic rings. The van der Waals surface area contributed by atoms with Gasteiger partial charge in [-0.25, -0.2) is 4.39 Å². The molecule has 0 spiro atoms. The summed E-state index contributed by atoms with van der Waals surface area (Å²) < 4.78 is 12.7. The zero-order chi connectivity index (χ0) is 10.6. The predicted octanol–water partition coefficient (Wildman–Crippen LogP) is 2.02. The molecule has 3 nitrogen and oxygen atoms in total. The minimum atomic E-state index is -0.461. The van der Waals surface area contributed by atoms with Crippen molar-refractivity contribution in [3.05, 3.63) is 29.6 Å². The van der Waals surface area contributed by atoms with Crippen LogP contribution in [0.15, 0.2) is 18.2 Å². The van der Waals surface area contributed by atoms with Crippen LogP contribution in [0.3, 0.4) is 0 Å². The topological polar surface area (TPSA) is 59.6 Å². The van der Waals surface area contributed by atoms with Crippen LogP contribution in [-0.2, 0) is 0 Å². The molecule has 14 heavy (non-hydrogen) atoms. The van der Waals surface area contributed by atoms with Crippen LogP contribution >= 0.6 is 0 Å². The van der Waals surface area contributed by atoms with Gasteiger partial charge >= 0.3 is 0 Å². The van der Waals surface area contributed by atoms with Crippen LogP contribution in [0, 0.1) is 28.5 Å². The van der Waals surface area contributed by atoms with Crippen LogP contribution in [0.2, 0.25) is 0 Å². The summed E-state index contributed by atoms with van der Waals surface area (Å²) in [5.41, 5.74) is 0.676. The van der Waals surface area contributed by atoms with E-state index in [1.165, 1.54) is 12.1 Å². The van der Waals surface area contributed by atoms with Gasteiger partial charge in [0.25, 0.3) is 0 Å². The predicted molar refractivity (Wildman–Crippen MR) is 49.8 cm³/mol. The lowest BCUT2D eigenvalue weighted by Crippen LogP contribution is -2.13. The molecule has 0 saturated carbocycles. The van der Waals surface area contributed by atoms with Gasteiger partial charge in [0.05, 0.1) is 17.3 Å². The summed E-state index contributed by atoms with van der Waals surface area (Å²) in [5.74, 6) is -0.461. The highest BCUT2D eigenvalue weighted by Gasteiger charge is 2.05. The van der Waals surface area contributed by atoms with Crippen LogP contribution in [0.1, 0.15) is 12.5 Å². The second-order valence-electron chi connectivity index (χ2n) is 2.80. The fourth-order valence-corrected chi connectivity index (χ4v) is 1.00. The Morgan fingerprint density at radius 1 is 1.43 bits per heavy atom. The maximum absolute atomic E-state index is 12.7. The van der Waals surface area contributed by atoms with Crippen LogP contribution in [-0.4, -0.2) is 6.04 Å². The minimum Gasteiger partial charge on any atom is -0.369 e. The van der Waals surface area contributed by atoms with Crippen LogP contribution in [0.5, 0.6) is 0 Å². The maximum Gasteiger partial charge on any atom is 0.124 e. The van der Waals surface area contributed by atoms with Gasteiger partial charge in [-0.1, -0.05) is 0 Å². The molecule has 4 heteroatoms. The Hall–Kier alpha value is -2.07. The van der Waals surface area contributed by atoms with E-state index in [4.69, 9.17) is 10.5 Å². The van der Waals surface area contributed by atoms with Crippen LogP contribution in [0.25, 0.3) is 0 Å². The van der Waals surface area contributed by atoms with Crippen molar-refractivity contribution in [1.29, 1.82) is 10.5 Å². The summed E-state index contributed by atoms with van der Waals surface area (Å²) in [5, 5.41) is 20.0. The molecule has 0 aromatic heterocycles. The third-order valence-corrected chi connectivity index (χ3v) is 1.67. The molecule has 1 N–H and O–H groups in total. The van der Waals surface area contributed by atoms with E-state index in [0.29, 0.717) is 5.69 Å². The molecule has 0 aliphatic carbocycles. The van der Waals surface area contributed by atoms with E-state index in [1.54, 1.807) is 6.92 Å². The molecular formula is C10H8FN3. The van der Waals surface area contributed by atoms with Gasteiger partial charge in [0.2, 0.25) is 0 Å². The first-order valence-corrected chi connectivity index (χ1v) is 4.03. The summed E-state index contributed by atoms with van der Waals surface area (Å²) in [6.45, 7) is 1.66. The molecule has 70 valence electrons. The van der Waals surface area contributed by atoms with Gasteiger partial charge in [0, 0.05) is 0 Å². The number of rotatable bonds is 2. The average Bonchev–Trinajstić information content (AvgIpc) is 2.20. The molecule has 0 aliphatic rings. The van der Waals surface area contributed by atoms with Gasteiger partial charge in [0.1, 0.15) is 17.9 Å². The molecule has 1 atom stereocenters. The maximum atomic E-state index is 12.7. The summed E-state index contributed by atoms with van der Waals surface area (Å²) in [6, 6.07) is 7.23. The van der Waals surface area contributed by atoms with E-state index in [9.17, 15) is 4.39 Å². The van der Waals surface area contributed by atoms with Crippen molar-refractivity contribution < 1.29 is 4.39 Å². The largest absolute Gasteiger partial charge is 0.369 e. The van der Waals surface area contributed by atoms with E-state index in [0.717, 1.165) is 6.07 Å². The fourth-order valence-electron chi connectivity index (χ4n) is 1.00. The minimum absolute atomic E-state index is 0.201. The highest BCUT2D eigenvalue weighted by atomic mass is 19.1. The Morgan fingerprint density at radius 2 is 2.14 bits per heavy atom. The third kappa shape index (κ3) is 2.21. The number of benzene rings is 1. The van der Waals surface area contributed by atoms with Gasteiger partial charge in [-0.15, -0.1) is 0 Å². The molecular weight excluding hydrogens is 181 g/mol. The van der Waals surface area contributed by atoms with Crippen molar-refractivity contribution in [1.82, 2.24) is 0 Å². The quantitative estimate of drug-likeness (QED) is 0.774.